The molecule has 30 heavy (non-hydrogen) atoms. The SMILES string of the molecule is CCC(C(=O)NC(c1ccccc1)c1ccccc1)N1C(=O)c2ccccc2C1=O. The van der Waals surface area contributed by atoms with Crippen LogP contribution in [0.15, 0.2) is 84.9 Å². The molecule has 1 N–H and O–H groups in total. The summed E-state index contributed by atoms with van der Waals surface area (Å²) in [5, 5.41) is 3.06. The Bertz CT molecular complexity index is 1010. The van der Waals surface area contributed by atoms with E-state index in [4.69, 9.17) is 0 Å². The van der Waals surface area contributed by atoms with Crippen molar-refractivity contribution >= 4 is 17.7 Å². The molecule has 5 nitrogen and oxygen atoms in total. The first kappa shape index (κ1) is 19.6. The summed E-state index contributed by atoms with van der Waals surface area (Å²) in [6.07, 6.45) is 0.327. The van der Waals surface area contributed by atoms with Gasteiger partial charge in [-0.3, -0.25) is 19.3 Å². The van der Waals surface area contributed by atoms with Crippen molar-refractivity contribution in [3.05, 3.63) is 107 Å². The molecule has 1 aliphatic heterocycles. The molecule has 3 amide bonds. The molecule has 1 heterocycles. The molecule has 3 aromatic rings. The van der Waals surface area contributed by atoms with Gasteiger partial charge >= 0.3 is 0 Å². The number of carbonyl (C=O) groups excluding carboxylic acids is 3. The molecule has 0 aliphatic carbocycles. The lowest BCUT2D eigenvalue weighted by atomic mass is 9.98. The summed E-state index contributed by atoms with van der Waals surface area (Å²) in [6.45, 7) is 1.80. The van der Waals surface area contributed by atoms with Gasteiger partial charge in [0.1, 0.15) is 6.04 Å². The first-order chi connectivity index (χ1) is 14.6. The third-order valence-corrected chi connectivity index (χ3v) is 5.38. The predicted octanol–water partition coefficient (Wildman–Crippen LogP) is 3.97. The molecule has 0 saturated heterocycles. The Morgan fingerprint density at radius 3 is 1.63 bits per heavy atom. The van der Waals surface area contributed by atoms with Gasteiger partial charge in [0, 0.05) is 0 Å². The van der Waals surface area contributed by atoms with E-state index < -0.39 is 17.9 Å². The molecule has 0 spiro atoms. The van der Waals surface area contributed by atoms with Crippen molar-refractivity contribution in [1.29, 1.82) is 0 Å². The molecular formula is C25H22N2O3. The van der Waals surface area contributed by atoms with E-state index in [-0.39, 0.29) is 11.9 Å². The number of rotatable bonds is 6. The lowest BCUT2D eigenvalue weighted by Gasteiger charge is -2.27. The van der Waals surface area contributed by atoms with Crippen LogP contribution < -0.4 is 5.32 Å². The Kier molecular flexibility index (Phi) is 5.44. The summed E-state index contributed by atoms with van der Waals surface area (Å²) in [5.74, 6) is -1.20. The van der Waals surface area contributed by atoms with Crippen molar-refractivity contribution in [1.82, 2.24) is 10.2 Å². The summed E-state index contributed by atoms with van der Waals surface area (Å²) >= 11 is 0. The number of hydrogen-bond acceptors (Lipinski definition) is 3. The van der Waals surface area contributed by atoms with Gasteiger partial charge in [-0.2, -0.15) is 0 Å². The Balaban J connectivity index is 1.64. The van der Waals surface area contributed by atoms with Crippen LogP contribution in [0, 0.1) is 0 Å². The molecule has 0 radical (unpaired) electrons. The largest absolute Gasteiger partial charge is 0.343 e. The van der Waals surface area contributed by atoms with Crippen LogP contribution in [0.1, 0.15) is 51.2 Å². The molecular weight excluding hydrogens is 376 g/mol. The number of amides is 3. The van der Waals surface area contributed by atoms with Crippen molar-refractivity contribution in [3.8, 4) is 0 Å². The van der Waals surface area contributed by atoms with Crippen molar-refractivity contribution in [2.24, 2.45) is 0 Å². The Hall–Kier alpha value is -3.73. The van der Waals surface area contributed by atoms with Crippen molar-refractivity contribution in [2.45, 2.75) is 25.4 Å². The standard InChI is InChI=1S/C25H22N2O3/c1-2-21(27-24(29)19-15-9-10-16-20(19)25(27)30)23(28)26-22(17-11-5-3-6-12-17)18-13-7-4-8-14-18/h3-16,21-22H,2H2,1H3,(H,26,28). The molecule has 1 aliphatic rings. The van der Waals surface area contributed by atoms with E-state index in [2.05, 4.69) is 5.32 Å². The van der Waals surface area contributed by atoms with Crippen LogP contribution in [0.3, 0.4) is 0 Å². The first-order valence-electron chi connectivity index (χ1n) is 9.99. The first-order valence-corrected chi connectivity index (χ1v) is 9.99. The van der Waals surface area contributed by atoms with Gasteiger partial charge in [-0.1, -0.05) is 79.7 Å². The quantitative estimate of drug-likeness (QED) is 0.639. The lowest BCUT2D eigenvalue weighted by molar-refractivity contribution is -0.125. The highest BCUT2D eigenvalue weighted by Gasteiger charge is 2.42. The van der Waals surface area contributed by atoms with E-state index in [1.54, 1.807) is 31.2 Å². The van der Waals surface area contributed by atoms with Crippen LogP contribution in [0.5, 0.6) is 0 Å². The van der Waals surface area contributed by atoms with Crippen LogP contribution in [-0.4, -0.2) is 28.7 Å². The highest BCUT2D eigenvalue weighted by Crippen LogP contribution is 2.27. The minimum absolute atomic E-state index is 0.327. The number of hydrogen-bond donors (Lipinski definition) is 1. The van der Waals surface area contributed by atoms with Crippen LogP contribution in [-0.2, 0) is 4.79 Å². The highest BCUT2D eigenvalue weighted by atomic mass is 16.2. The van der Waals surface area contributed by atoms with Gasteiger partial charge < -0.3 is 5.32 Å². The Labute approximate surface area is 175 Å². The second-order valence-corrected chi connectivity index (χ2v) is 7.21. The minimum atomic E-state index is -0.882. The normalized spacial score (nSPS) is 14.0. The van der Waals surface area contributed by atoms with Crippen LogP contribution in [0.25, 0.3) is 0 Å². The molecule has 3 aromatic carbocycles. The van der Waals surface area contributed by atoms with Crippen LogP contribution in [0.2, 0.25) is 0 Å². The highest BCUT2D eigenvalue weighted by molar-refractivity contribution is 6.22. The topological polar surface area (TPSA) is 66.5 Å². The zero-order valence-corrected chi connectivity index (χ0v) is 16.6. The molecule has 0 aromatic heterocycles. The molecule has 0 saturated carbocycles. The number of carbonyl (C=O) groups is 3. The fourth-order valence-electron chi connectivity index (χ4n) is 3.86. The van der Waals surface area contributed by atoms with Crippen molar-refractivity contribution in [2.75, 3.05) is 0 Å². The maximum absolute atomic E-state index is 13.3. The third kappa shape index (κ3) is 3.50. The Morgan fingerprint density at radius 1 is 0.767 bits per heavy atom. The molecule has 0 bridgehead atoms. The van der Waals surface area contributed by atoms with Crippen molar-refractivity contribution < 1.29 is 14.4 Å². The number of imide groups is 1. The van der Waals surface area contributed by atoms with E-state index in [1.165, 1.54) is 0 Å². The monoisotopic (exact) mass is 398 g/mol. The van der Waals surface area contributed by atoms with E-state index in [1.807, 2.05) is 60.7 Å². The summed E-state index contributed by atoms with van der Waals surface area (Å²) in [7, 11) is 0. The summed E-state index contributed by atoms with van der Waals surface area (Å²) < 4.78 is 0. The smallest absolute Gasteiger partial charge is 0.262 e. The zero-order chi connectivity index (χ0) is 21.1. The van der Waals surface area contributed by atoms with Gasteiger partial charge in [0.25, 0.3) is 11.8 Å². The number of nitrogens with one attached hydrogen (secondary N) is 1. The molecule has 1 unspecified atom stereocenters. The van der Waals surface area contributed by atoms with Crippen LogP contribution in [0.4, 0.5) is 0 Å². The second kappa shape index (κ2) is 8.33. The summed E-state index contributed by atoms with van der Waals surface area (Å²) in [4.78, 5) is 40.1. The predicted molar refractivity (Wildman–Crippen MR) is 114 cm³/mol. The molecule has 4 rings (SSSR count). The zero-order valence-electron chi connectivity index (χ0n) is 16.6. The van der Waals surface area contributed by atoms with E-state index in [9.17, 15) is 14.4 Å². The van der Waals surface area contributed by atoms with E-state index in [0.717, 1.165) is 16.0 Å². The third-order valence-electron chi connectivity index (χ3n) is 5.38. The Morgan fingerprint density at radius 2 is 1.20 bits per heavy atom. The molecule has 150 valence electrons. The van der Waals surface area contributed by atoms with Gasteiger partial charge in [-0.05, 0) is 29.7 Å². The summed E-state index contributed by atoms with van der Waals surface area (Å²) in [5.41, 5.74) is 2.54. The van der Waals surface area contributed by atoms with E-state index >= 15 is 0 Å². The van der Waals surface area contributed by atoms with E-state index in [0.29, 0.717) is 17.5 Å². The number of benzene rings is 3. The second-order valence-electron chi connectivity index (χ2n) is 7.21. The van der Waals surface area contributed by atoms with Gasteiger partial charge in [-0.15, -0.1) is 0 Å². The average molecular weight is 398 g/mol. The molecule has 0 fully saturated rings. The fourth-order valence-corrected chi connectivity index (χ4v) is 3.86. The summed E-state index contributed by atoms with van der Waals surface area (Å²) in [6, 6.07) is 24.7. The van der Waals surface area contributed by atoms with Gasteiger partial charge in [0.15, 0.2) is 0 Å². The van der Waals surface area contributed by atoms with Gasteiger partial charge in [-0.25, -0.2) is 0 Å². The lowest BCUT2D eigenvalue weighted by Crippen LogP contribution is -2.50. The van der Waals surface area contributed by atoms with Gasteiger partial charge in [0.05, 0.1) is 17.2 Å². The molecule has 5 heteroatoms. The number of nitrogens with zero attached hydrogens (tertiary/aromatic N) is 1. The minimum Gasteiger partial charge on any atom is -0.343 e. The van der Waals surface area contributed by atoms with Crippen molar-refractivity contribution in [3.63, 3.8) is 0 Å². The maximum Gasteiger partial charge on any atom is 0.262 e. The molecule has 1 atom stereocenters. The average Bonchev–Trinajstić information content (AvgIpc) is 3.05. The maximum atomic E-state index is 13.3. The number of fused-ring (bicyclic) bond motifs is 1. The fraction of sp³-hybridized carbons (Fsp3) is 0.160. The van der Waals surface area contributed by atoms with Crippen LogP contribution >= 0.6 is 0 Å². The van der Waals surface area contributed by atoms with Gasteiger partial charge in [0.2, 0.25) is 5.91 Å².